The van der Waals surface area contributed by atoms with Crippen molar-refractivity contribution in [3.8, 4) is 5.75 Å². The third-order valence-corrected chi connectivity index (χ3v) is 6.24. The number of aromatic nitrogens is 1. The summed E-state index contributed by atoms with van der Waals surface area (Å²) in [7, 11) is 1.55. The Bertz CT molecular complexity index is 1130. The van der Waals surface area contributed by atoms with E-state index >= 15 is 0 Å². The summed E-state index contributed by atoms with van der Waals surface area (Å²) in [6.45, 7) is -1.42. The quantitative estimate of drug-likeness (QED) is 0.549. The van der Waals surface area contributed by atoms with Gasteiger partial charge < -0.3 is 9.64 Å². The monoisotopic (exact) mass is 463 g/mol. The van der Waals surface area contributed by atoms with Crippen LogP contribution in [0.15, 0.2) is 48.5 Å². The Kier molecular flexibility index (Phi) is 6.05. The van der Waals surface area contributed by atoms with Gasteiger partial charge in [-0.2, -0.15) is 13.2 Å². The maximum Gasteiger partial charge on any atom is 0.406 e. The summed E-state index contributed by atoms with van der Waals surface area (Å²) in [6.07, 6.45) is -4.76. The molecule has 0 aliphatic carbocycles. The zero-order valence-electron chi connectivity index (χ0n) is 17.1. The summed E-state index contributed by atoms with van der Waals surface area (Å²) in [5.41, 5.74) is 1.52. The Morgan fingerprint density at radius 2 is 2.00 bits per heavy atom. The first-order valence-electron chi connectivity index (χ1n) is 9.88. The first kappa shape index (κ1) is 22.1. The first-order valence-corrected chi connectivity index (χ1v) is 10.7. The van der Waals surface area contributed by atoms with Gasteiger partial charge in [-0.1, -0.05) is 41.7 Å². The summed E-state index contributed by atoms with van der Waals surface area (Å²) in [5, 5.41) is 0.420. The molecule has 2 aromatic carbocycles. The van der Waals surface area contributed by atoms with Crippen molar-refractivity contribution in [2.24, 2.45) is 5.92 Å². The van der Waals surface area contributed by atoms with Crippen molar-refractivity contribution in [3.05, 3.63) is 54.1 Å². The van der Waals surface area contributed by atoms with Crippen LogP contribution in [-0.4, -0.2) is 48.1 Å². The smallest absolute Gasteiger partial charge is 0.406 e. The van der Waals surface area contributed by atoms with Crippen LogP contribution < -0.4 is 9.64 Å². The number of fused-ring (bicyclic) bond motifs is 1. The van der Waals surface area contributed by atoms with Crippen LogP contribution in [0.5, 0.6) is 5.75 Å². The van der Waals surface area contributed by atoms with Gasteiger partial charge in [0.1, 0.15) is 12.3 Å². The van der Waals surface area contributed by atoms with Gasteiger partial charge in [0, 0.05) is 13.0 Å². The number of benzene rings is 2. The molecule has 3 aromatic rings. The second kappa shape index (κ2) is 8.78. The topological polar surface area (TPSA) is 62.7 Å². The first-order chi connectivity index (χ1) is 15.2. The van der Waals surface area contributed by atoms with Crippen molar-refractivity contribution in [3.63, 3.8) is 0 Å². The fourth-order valence-electron chi connectivity index (χ4n) is 3.67. The number of hydrogen-bond donors (Lipinski definition) is 0. The minimum atomic E-state index is -4.51. The van der Waals surface area contributed by atoms with Gasteiger partial charge in [0.2, 0.25) is 11.8 Å². The Hall–Kier alpha value is -3.14. The number of hydrogen-bond acceptors (Lipinski definition) is 5. The number of thiazole rings is 1. The van der Waals surface area contributed by atoms with Crippen LogP contribution in [0.4, 0.5) is 18.3 Å². The van der Waals surface area contributed by atoms with E-state index in [2.05, 4.69) is 4.98 Å². The number of alkyl halides is 3. The molecule has 4 rings (SSSR count). The van der Waals surface area contributed by atoms with Gasteiger partial charge in [0.25, 0.3) is 0 Å². The molecular formula is C22H20F3N3O3S. The van der Waals surface area contributed by atoms with Crippen LogP contribution in [0, 0.1) is 5.92 Å². The Morgan fingerprint density at radius 3 is 2.69 bits per heavy atom. The summed E-state index contributed by atoms with van der Waals surface area (Å²) in [4.78, 5) is 32.3. The number of ether oxygens (including phenoxy) is 1. The average Bonchev–Trinajstić information content (AvgIpc) is 3.34. The van der Waals surface area contributed by atoms with Gasteiger partial charge in [-0.15, -0.1) is 0 Å². The van der Waals surface area contributed by atoms with Crippen molar-refractivity contribution >= 4 is 38.5 Å². The minimum absolute atomic E-state index is 0.195. The van der Waals surface area contributed by atoms with Gasteiger partial charge in [0.15, 0.2) is 5.13 Å². The molecule has 1 aromatic heterocycles. The van der Waals surface area contributed by atoms with Crippen molar-refractivity contribution in [2.75, 3.05) is 25.1 Å². The highest BCUT2D eigenvalue weighted by molar-refractivity contribution is 7.22. The number of anilines is 1. The van der Waals surface area contributed by atoms with Crippen molar-refractivity contribution < 1.29 is 27.5 Å². The standard InChI is InChI=1S/C22H20F3N3O3S/c1-31-16-7-8-17-18(10-16)32-21(26-17)28(11-14-5-3-2-4-6-14)20(30)15-9-19(29)27(12-15)13-22(23,24)25/h2-8,10,15H,9,11-13H2,1H3. The number of carbonyl (C=O) groups is 2. The summed E-state index contributed by atoms with van der Waals surface area (Å²) >= 11 is 1.29. The van der Waals surface area contributed by atoms with Crippen molar-refractivity contribution in [1.29, 1.82) is 0 Å². The van der Waals surface area contributed by atoms with Crippen LogP contribution in [0.1, 0.15) is 12.0 Å². The fraction of sp³-hybridized carbons (Fsp3) is 0.318. The third-order valence-electron chi connectivity index (χ3n) is 5.20. The molecule has 1 unspecified atom stereocenters. The van der Waals surface area contributed by atoms with Crippen LogP contribution in [-0.2, 0) is 16.1 Å². The maximum atomic E-state index is 13.4. The van der Waals surface area contributed by atoms with E-state index in [-0.39, 0.29) is 19.5 Å². The summed E-state index contributed by atoms with van der Waals surface area (Å²) in [6, 6.07) is 14.6. The van der Waals surface area contributed by atoms with Crippen molar-refractivity contribution in [2.45, 2.75) is 19.1 Å². The van der Waals surface area contributed by atoms with E-state index in [9.17, 15) is 22.8 Å². The highest BCUT2D eigenvalue weighted by atomic mass is 32.1. The number of carbonyl (C=O) groups excluding carboxylic acids is 2. The van der Waals surface area contributed by atoms with E-state index in [1.54, 1.807) is 19.2 Å². The molecule has 168 valence electrons. The molecule has 1 saturated heterocycles. The number of amides is 2. The number of methoxy groups -OCH3 is 1. The fourth-order valence-corrected chi connectivity index (χ4v) is 4.67. The largest absolute Gasteiger partial charge is 0.497 e. The van der Waals surface area contributed by atoms with Crippen LogP contribution in [0.25, 0.3) is 10.2 Å². The van der Waals surface area contributed by atoms with E-state index in [1.807, 2.05) is 36.4 Å². The Morgan fingerprint density at radius 1 is 1.25 bits per heavy atom. The minimum Gasteiger partial charge on any atom is -0.497 e. The lowest BCUT2D eigenvalue weighted by atomic mass is 10.1. The molecule has 1 fully saturated rings. The van der Waals surface area contributed by atoms with Gasteiger partial charge >= 0.3 is 6.18 Å². The molecule has 0 bridgehead atoms. The van der Waals surface area contributed by atoms with E-state index in [0.29, 0.717) is 21.3 Å². The number of likely N-dealkylation sites (tertiary alicyclic amines) is 1. The van der Waals surface area contributed by atoms with E-state index in [0.717, 1.165) is 10.3 Å². The second-order valence-corrected chi connectivity index (χ2v) is 8.54. The molecule has 1 atom stereocenters. The molecule has 2 heterocycles. The zero-order chi connectivity index (χ0) is 22.9. The second-order valence-electron chi connectivity index (χ2n) is 7.53. The van der Waals surface area contributed by atoms with Crippen LogP contribution in [0.3, 0.4) is 0 Å². The molecular weight excluding hydrogens is 443 g/mol. The normalized spacial score (nSPS) is 16.6. The molecule has 0 radical (unpaired) electrons. The SMILES string of the molecule is COc1ccc2nc(N(Cc3ccccc3)C(=O)C3CC(=O)N(CC(F)(F)F)C3)sc2c1. The lowest BCUT2D eigenvalue weighted by molar-refractivity contribution is -0.157. The lowest BCUT2D eigenvalue weighted by Crippen LogP contribution is -2.39. The van der Waals surface area contributed by atoms with Crippen LogP contribution >= 0.6 is 11.3 Å². The zero-order valence-corrected chi connectivity index (χ0v) is 17.9. The molecule has 2 amide bonds. The molecule has 0 saturated carbocycles. The molecule has 6 nitrogen and oxygen atoms in total. The Balaban J connectivity index is 1.64. The van der Waals surface area contributed by atoms with Crippen LogP contribution in [0.2, 0.25) is 0 Å². The van der Waals surface area contributed by atoms with Gasteiger partial charge in [0.05, 0.1) is 29.8 Å². The highest BCUT2D eigenvalue weighted by Gasteiger charge is 2.42. The molecule has 1 aliphatic heterocycles. The third kappa shape index (κ3) is 4.85. The number of nitrogens with zero attached hydrogens (tertiary/aromatic N) is 3. The molecule has 0 N–H and O–H groups in total. The molecule has 32 heavy (non-hydrogen) atoms. The average molecular weight is 463 g/mol. The predicted octanol–water partition coefficient (Wildman–Crippen LogP) is 4.25. The van der Waals surface area contributed by atoms with Gasteiger partial charge in [-0.05, 0) is 23.8 Å². The van der Waals surface area contributed by atoms with Gasteiger partial charge in [-0.3, -0.25) is 14.5 Å². The number of rotatable bonds is 6. The molecule has 1 aliphatic rings. The summed E-state index contributed by atoms with van der Waals surface area (Å²) in [5.74, 6) is -1.31. The van der Waals surface area contributed by atoms with E-state index < -0.39 is 30.5 Å². The number of halogens is 3. The maximum absolute atomic E-state index is 13.4. The van der Waals surface area contributed by atoms with E-state index in [1.165, 1.54) is 16.2 Å². The van der Waals surface area contributed by atoms with Gasteiger partial charge in [-0.25, -0.2) is 4.98 Å². The highest BCUT2D eigenvalue weighted by Crippen LogP contribution is 2.34. The molecule has 10 heteroatoms. The summed E-state index contributed by atoms with van der Waals surface area (Å²) < 4.78 is 44.4. The lowest BCUT2D eigenvalue weighted by Gasteiger charge is -2.24. The molecule has 0 spiro atoms. The van der Waals surface area contributed by atoms with Crippen molar-refractivity contribution in [1.82, 2.24) is 9.88 Å². The Labute approximate surface area is 186 Å². The predicted molar refractivity (Wildman–Crippen MR) is 115 cm³/mol. The van der Waals surface area contributed by atoms with E-state index in [4.69, 9.17) is 4.74 Å².